The van der Waals surface area contributed by atoms with Gasteiger partial charge in [0.25, 0.3) is 11.8 Å². The van der Waals surface area contributed by atoms with Gasteiger partial charge in [-0.2, -0.15) is 0 Å². The van der Waals surface area contributed by atoms with E-state index in [1.54, 1.807) is 9.80 Å². The summed E-state index contributed by atoms with van der Waals surface area (Å²) in [6, 6.07) is 14.3. The third kappa shape index (κ3) is 4.56. The summed E-state index contributed by atoms with van der Waals surface area (Å²) in [6.07, 6.45) is 1.08. The molecule has 6 rings (SSSR count). The SMILES string of the molecule is CC(C)C1CC1(NC(=O)c1ccc(C(C)(C)C)cc1)C(=O)N1CC[C@@H]2[C@H]1C(=O)CN2C(=O)c1csc2ccccc12. The summed E-state index contributed by atoms with van der Waals surface area (Å²) in [5.74, 6) is -0.590. The Bertz CT molecular complexity index is 1550. The lowest BCUT2D eigenvalue weighted by Gasteiger charge is -2.30. The number of thiophene rings is 1. The topological polar surface area (TPSA) is 86.8 Å². The van der Waals surface area contributed by atoms with Crippen molar-refractivity contribution in [3.8, 4) is 0 Å². The van der Waals surface area contributed by atoms with Crippen LogP contribution in [0.15, 0.2) is 53.9 Å². The van der Waals surface area contributed by atoms with Gasteiger partial charge in [0.05, 0.1) is 18.2 Å². The first-order chi connectivity index (χ1) is 19.4. The van der Waals surface area contributed by atoms with Crippen LogP contribution in [0.2, 0.25) is 0 Å². The first-order valence-electron chi connectivity index (χ1n) is 14.5. The normalized spacial score (nSPS) is 25.6. The summed E-state index contributed by atoms with van der Waals surface area (Å²) in [6.45, 7) is 10.9. The Labute approximate surface area is 244 Å². The molecule has 0 bridgehead atoms. The van der Waals surface area contributed by atoms with Crippen LogP contribution in [-0.2, 0) is 15.0 Å². The van der Waals surface area contributed by atoms with Gasteiger partial charge in [-0.05, 0) is 53.9 Å². The second kappa shape index (κ2) is 9.79. The largest absolute Gasteiger partial charge is 0.337 e. The van der Waals surface area contributed by atoms with Gasteiger partial charge in [0.2, 0.25) is 5.91 Å². The molecule has 1 N–H and O–H groups in total. The van der Waals surface area contributed by atoms with Crippen molar-refractivity contribution in [3.05, 3.63) is 70.6 Å². The third-order valence-electron chi connectivity index (χ3n) is 9.21. The van der Waals surface area contributed by atoms with Crippen LogP contribution in [0.3, 0.4) is 0 Å². The summed E-state index contributed by atoms with van der Waals surface area (Å²) in [7, 11) is 0. The number of nitrogens with one attached hydrogen (secondary N) is 1. The monoisotopic (exact) mass is 571 g/mol. The molecule has 2 aromatic carbocycles. The summed E-state index contributed by atoms with van der Waals surface area (Å²) in [5, 5.41) is 5.85. The smallest absolute Gasteiger partial charge is 0.256 e. The molecule has 4 atom stereocenters. The van der Waals surface area contributed by atoms with E-state index in [1.165, 1.54) is 11.3 Å². The maximum absolute atomic E-state index is 14.2. The van der Waals surface area contributed by atoms with Crippen LogP contribution in [0.5, 0.6) is 0 Å². The van der Waals surface area contributed by atoms with Gasteiger partial charge in [0, 0.05) is 27.6 Å². The lowest BCUT2D eigenvalue weighted by molar-refractivity contribution is -0.139. The molecular weight excluding hydrogens is 534 g/mol. The van der Waals surface area contributed by atoms with E-state index in [0.717, 1.165) is 15.6 Å². The highest BCUT2D eigenvalue weighted by Gasteiger charge is 2.65. The molecule has 2 saturated heterocycles. The van der Waals surface area contributed by atoms with Gasteiger partial charge in [0.1, 0.15) is 11.6 Å². The molecule has 1 saturated carbocycles. The zero-order valence-corrected chi connectivity index (χ0v) is 25.1. The number of ketones is 1. The molecule has 3 heterocycles. The molecule has 2 unspecified atom stereocenters. The van der Waals surface area contributed by atoms with Crippen molar-refractivity contribution in [3.63, 3.8) is 0 Å². The predicted octanol–water partition coefficient (Wildman–Crippen LogP) is 5.04. The van der Waals surface area contributed by atoms with Crippen molar-refractivity contribution in [2.24, 2.45) is 11.8 Å². The minimum atomic E-state index is -1.04. The van der Waals surface area contributed by atoms with E-state index in [1.807, 2.05) is 53.9 Å². The van der Waals surface area contributed by atoms with Crippen molar-refractivity contribution < 1.29 is 19.2 Å². The van der Waals surface area contributed by atoms with Gasteiger partial charge in [-0.3, -0.25) is 19.2 Å². The van der Waals surface area contributed by atoms with Crippen LogP contribution < -0.4 is 5.32 Å². The van der Waals surface area contributed by atoms with Crippen LogP contribution >= 0.6 is 11.3 Å². The lowest BCUT2D eigenvalue weighted by atomic mass is 9.86. The van der Waals surface area contributed by atoms with E-state index in [9.17, 15) is 19.2 Å². The Hall–Kier alpha value is -3.52. The molecule has 3 amide bonds. The number of nitrogens with zero attached hydrogens (tertiary/aromatic N) is 2. The predicted molar refractivity (Wildman–Crippen MR) is 160 cm³/mol. The Morgan fingerprint density at radius 3 is 2.39 bits per heavy atom. The molecule has 8 heteroatoms. The van der Waals surface area contributed by atoms with Crippen molar-refractivity contribution in [2.45, 2.75) is 70.5 Å². The standard InChI is InChI=1S/C33H37N3O4S/c1-19(2)24-16-33(24,34-29(38)20-10-12-21(13-11-20)32(3,4)5)31(40)35-15-14-25-28(35)26(37)17-36(25)30(39)23-18-41-27-9-7-6-8-22(23)27/h6-13,18-19,24-25,28H,14-17H2,1-5H3,(H,34,38)/t24?,25-,28+,33?/m1/s1. The highest BCUT2D eigenvalue weighted by Crippen LogP contribution is 2.51. The number of rotatable bonds is 5. The van der Waals surface area contributed by atoms with E-state index in [-0.39, 0.29) is 53.3 Å². The molecule has 41 heavy (non-hydrogen) atoms. The second-order valence-corrected chi connectivity index (χ2v) is 14.1. The minimum absolute atomic E-state index is 0.00475. The van der Waals surface area contributed by atoms with Gasteiger partial charge in [-0.1, -0.05) is 65.0 Å². The summed E-state index contributed by atoms with van der Waals surface area (Å²) in [4.78, 5) is 58.0. The van der Waals surface area contributed by atoms with E-state index in [0.29, 0.717) is 30.5 Å². The van der Waals surface area contributed by atoms with Crippen LogP contribution in [0.25, 0.3) is 10.1 Å². The maximum atomic E-state index is 14.2. The number of benzene rings is 2. The first-order valence-corrected chi connectivity index (χ1v) is 15.3. The van der Waals surface area contributed by atoms with Gasteiger partial charge in [-0.15, -0.1) is 11.3 Å². The molecule has 3 aliphatic rings. The second-order valence-electron chi connectivity index (χ2n) is 13.2. The van der Waals surface area contributed by atoms with Crippen molar-refractivity contribution in [1.29, 1.82) is 0 Å². The molecule has 7 nitrogen and oxygen atoms in total. The average molecular weight is 572 g/mol. The van der Waals surface area contributed by atoms with E-state index < -0.39 is 11.6 Å². The number of likely N-dealkylation sites (tertiary alicyclic amines) is 2. The van der Waals surface area contributed by atoms with Gasteiger partial charge in [-0.25, -0.2) is 0 Å². The summed E-state index contributed by atoms with van der Waals surface area (Å²) >= 11 is 1.52. The molecule has 1 aliphatic carbocycles. The molecule has 2 aliphatic heterocycles. The molecular formula is C33H37N3O4S. The summed E-state index contributed by atoms with van der Waals surface area (Å²) < 4.78 is 1.03. The molecule has 3 aromatic rings. The van der Waals surface area contributed by atoms with E-state index in [4.69, 9.17) is 0 Å². The van der Waals surface area contributed by atoms with Gasteiger partial charge in [0.15, 0.2) is 5.78 Å². The number of fused-ring (bicyclic) bond motifs is 2. The molecule has 0 radical (unpaired) electrons. The minimum Gasteiger partial charge on any atom is -0.337 e. The molecule has 3 fully saturated rings. The van der Waals surface area contributed by atoms with E-state index >= 15 is 0 Å². The number of carbonyl (C=O) groups excluding carboxylic acids is 4. The number of carbonyl (C=O) groups is 4. The van der Waals surface area contributed by atoms with Crippen molar-refractivity contribution in [1.82, 2.24) is 15.1 Å². The van der Waals surface area contributed by atoms with Gasteiger partial charge < -0.3 is 15.1 Å². The Balaban J connectivity index is 1.23. The number of Topliss-reactive ketones (excluding diaryl/α,β-unsaturated/α-hetero) is 1. The Kier molecular flexibility index (Phi) is 6.60. The van der Waals surface area contributed by atoms with Crippen LogP contribution in [0, 0.1) is 11.8 Å². The zero-order chi connectivity index (χ0) is 29.3. The fourth-order valence-electron chi connectivity index (χ4n) is 6.81. The highest BCUT2D eigenvalue weighted by molar-refractivity contribution is 7.17. The third-order valence-corrected chi connectivity index (χ3v) is 10.2. The molecule has 1 aromatic heterocycles. The Morgan fingerprint density at radius 2 is 1.73 bits per heavy atom. The van der Waals surface area contributed by atoms with E-state index in [2.05, 4.69) is 39.9 Å². The number of hydrogen-bond acceptors (Lipinski definition) is 5. The van der Waals surface area contributed by atoms with Crippen molar-refractivity contribution >= 4 is 44.9 Å². The van der Waals surface area contributed by atoms with Crippen LogP contribution in [0.1, 0.15) is 73.7 Å². The number of amides is 3. The zero-order valence-electron chi connectivity index (χ0n) is 24.3. The van der Waals surface area contributed by atoms with Crippen molar-refractivity contribution in [2.75, 3.05) is 13.1 Å². The number of hydrogen-bond donors (Lipinski definition) is 1. The molecule has 0 spiro atoms. The van der Waals surface area contributed by atoms with Crippen LogP contribution in [-0.4, -0.2) is 64.0 Å². The first kappa shape index (κ1) is 27.6. The Morgan fingerprint density at radius 1 is 1.02 bits per heavy atom. The molecule has 214 valence electrons. The fraction of sp³-hybridized carbons (Fsp3) is 0.455. The quantitative estimate of drug-likeness (QED) is 0.465. The van der Waals surface area contributed by atoms with Gasteiger partial charge >= 0.3 is 0 Å². The maximum Gasteiger partial charge on any atom is 0.256 e. The average Bonchev–Trinajstić information content (AvgIpc) is 3.21. The summed E-state index contributed by atoms with van der Waals surface area (Å²) in [5.41, 5.74) is 1.17. The highest BCUT2D eigenvalue weighted by atomic mass is 32.1. The fourth-order valence-corrected chi connectivity index (χ4v) is 7.74. The van der Waals surface area contributed by atoms with Crippen LogP contribution in [0.4, 0.5) is 0 Å². The lowest BCUT2D eigenvalue weighted by Crippen LogP contribution is -2.55.